The van der Waals surface area contributed by atoms with E-state index in [4.69, 9.17) is 5.73 Å². The molecule has 33 heavy (non-hydrogen) atoms. The molecule has 0 amide bonds. The van der Waals surface area contributed by atoms with E-state index in [-0.39, 0.29) is 23.6 Å². The van der Waals surface area contributed by atoms with Crippen LogP contribution in [0.25, 0.3) is 0 Å². The number of anilines is 3. The second-order valence-electron chi connectivity index (χ2n) is 7.80. The van der Waals surface area contributed by atoms with Crippen LogP contribution in [0.15, 0.2) is 52.5 Å². The van der Waals surface area contributed by atoms with Crippen molar-refractivity contribution in [3.63, 3.8) is 0 Å². The monoisotopic (exact) mass is 456 g/mol. The highest BCUT2D eigenvalue weighted by molar-refractivity contribution is 6.12. The van der Waals surface area contributed by atoms with E-state index in [0.29, 0.717) is 11.5 Å². The lowest BCUT2D eigenvalue weighted by atomic mass is 10.1. The predicted molar refractivity (Wildman–Crippen MR) is 131 cm³/mol. The molecule has 2 heterocycles. The number of hydrogen-bond acceptors (Lipinski definition) is 8. The lowest BCUT2D eigenvalue weighted by molar-refractivity contribution is 0.148. The lowest BCUT2D eigenvalue weighted by Crippen LogP contribution is -2.43. The van der Waals surface area contributed by atoms with E-state index in [1.54, 1.807) is 7.05 Å². The molecule has 3 rings (SSSR count). The van der Waals surface area contributed by atoms with Gasteiger partial charge in [-0.3, -0.25) is 14.9 Å². The molecule has 1 aliphatic rings. The molecule has 0 radical (unpaired) electrons. The molecule has 0 bridgehead atoms. The SMILES string of the molecule is C=N/C=C(/F)C(=NCNc1ccc(CN2CCN(C)CC2)cn1)c1cc(F)c(N)c(NC)c1. The minimum absolute atomic E-state index is 0.0272. The maximum Gasteiger partial charge on any atom is 0.167 e. The number of aliphatic imine (C=N–C) groups is 2. The Hall–Kier alpha value is -3.37. The van der Waals surface area contributed by atoms with Crippen molar-refractivity contribution in [3.05, 3.63) is 59.4 Å². The zero-order chi connectivity index (χ0) is 23.8. The molecule has 1 saturated heterocycles. The molecule has 176 valence electrons. The van der Waals surface area contributed by atoms with Crippen molar-refractivity contribution in [2.24, 2.45) is 9.98 Å². The highest BCUT2D eigenvalue weighted by Gasteiger charge is 2.16. The van der Waals surface area contributed by atoms with Crippen LogP contribution in [-0.2, 0) is 6.54 Å². The average Bonchev–Trinajstić information content (AvgIpc) is 2.81. The molecule has 0 saturated carbocycles. The summed E-state index contributed by atoms with van der Waals surface area (Å²) in [6.07, 6.45) is 2.75. The number of aromatic nitrogens is 1. The van der Waals surface area contributed by atoms with Crippen LogP contribution in [0.5, 0.6) is 0 Å². The molecule has 4 N–H and O–H groups in total. The summed E-state index contributed by atoms with van der Waals surface area (Å²) in [5.41, 5.74) is 7.27. The summed E-state index contributed by atoms with van der Waals surface area (Å²) < 4.78 is 28.8. The first kappa shape index (κ1) is 24.3. The summed E-state index contributed by atoms with van der Waals surface area (Å²) in [5, 5.41) is 5.83. The molecule has 0 aliphatic carbocycles. The van der Waals surface area contributed by atoms with Gasteiger partial charge >= 0.3 is 0 Å². The number of nitrogen functional groups attached to an aromatic ring is 1. The van der Waals surface area contributed by atoms with Crippen LogP contribution in [0.4, 0.5) is 26.0 Å². The third-order valence-electron chi connectivity index (χ3n) is 5.43. The molecule has 0 atom stereocenters. The predicted octanol–water partition coefficient (Wildman–Crippen LogP) is 2.96. The van der Waals surface area contributed by atoms with E-state index >= 15 is 0 Å². The van der Waals surface area contributed by atoms with Gasteiger partial charge in [-0.25, -0.2) is 13.8 Å². The molecule has 1 aliphatic heterocycles. The zero-order valence-corrected chi connectivity index (χ0v) is 19.0. The fraction of sp³-hybridized carbons (Fsp3) is 0.348. The lowest BCUT2D eigenvalue weighted by Gasteiger charge is -2.32. The van der Waals surface area contributed by atoms with Gasteiger partial charge in [0, 0.05) is 51.5 Å². The Morgan fingerprint density at radius 2 is 2.03 bits per heavy atom. The van der Waals surface area contributed by atoms with Gasteiger partial charge in [-0.15, -0.1) is 0 Å². The Bertz CT molecular complexity index is 1010. The summed E-state index contributed by atoms with van der Waals surface area (Å²) in [6, 6.07) is 6.53. The molecule has 1 aromatic heterocycles. The maximum atomic E-state index is 14.6. The van der Waals surface area contributed by atoms with Crippen LogP contribution in [0.3, 0.4) is 0 Å². The Morgan fingerprint density at radius 1 is 1.27 bits per heavy atom. The molecule has 8 nitrogen and oxygen atoms in total. The minimum Gasteiger partial charge on any atom is -0.395 e. The van der Waals surface area contributed by atoms with Crippen molar-refractivity contribution in [1.82, 2.24) is 14.8 Å². The Labute approximate surface area is 192 Å². The van der Waals surface area contributed by atoms with E-state index in [1.165, 1.54) is 6.07 Å². The fourth-order valence-corrected chi connectivity index (χ4v) is 3.49. The molecule has 2 aromatic rings. The van der Waals surface area contributed by atoms with Crippen LogP contribution in [0, 0.1) is 5.82 Å². The van der Waals surface area contributed by atoms with Crippen LogP contribution < -0.4 is 16.4 Å². The molecule has 0 spiro atoms. The summed E-state index contributed by atoms with van der Waals surface area (Å²) in [7, 11) is 3.73. The number of nitrogens with one attached hydrogen (secondary N) is 2. The van der Waals surface area contributed by atoms with Gasteiger partial charge in [0.05, 0.1) is 17.6 Å². The standard InChI is InChI=1S/C23H30F2N8/c1-27-13-19(25)23(17-10-18(24)22(26)20(11-17)28-2)31-15-30-21-5-4-16(12-29-21)14-33-8-6-32(3)7-9-33/h4-5,10-13,28H,1,6-9,14-15,26H2,2-3H3,(H,29,30)/b19-13+,31-23?. The van der Waals surface area contributed by atoms with Crippen LogP contribution >= 0.6 is 0 Å². The summed E-state index contributed by atoms with van der Waals surface area (Å²) in [6.45, 7) is 8.34. The highest BCUT2D eigenvalue weighted by Crippen LogP contribution is 2.25. The van der Waals surface area contributed by atoms with Crippen LogP contribution in [0.2, 0.25) is 0 Å². The first-order chi connectivity index (χ1) is 15.9. The number of piperazine rings is 1. The van der Waals surface area contributed by atoms with E-state index in [9.17, 15) is 8.78 Å². The normalized spacial score (nSPS) is 16.0. The molecule has 0 unspecified atom stereocenters. The molecular weight excluding hydrogens is 426 g/mol. The van der Waals surface area contributed by atoms with Crippen molar-refractivity contribution < 1.29 is 8.78 Å². The Balaban J connectivity index is 1.69. The van der Waals surface area contributed by atoms with Gasteiger partial charge in [-0.05, 0) is 37.5 Å². The van der Waals surface area contributed by atoms with E-state index in [1.807, 2.05) is 18.3 Å². The van der Waals surface area contributed by atoms with Crippen molar-refractivity contribution >= 4 is 29.6 Å². The third kappa shape index (κ3) is 6.56. The molecular formula is C23H30F2N8. The van der Waals surface area contributed by atoms with Gasteiger partial charge in [-0.2, -0.15) is 0 Å². The van der Waals surface area contributed by atoms with Crippen molar-refractivity contribution in [3.8, 4) is 0 Å². The number of halogens is 2. The molecule has 1 aromatic carbocycles. The number of likely N-dealkylation sites (N-methyl/N-ethyl adjacent to an activating group) is 1. The van der Waals surface area contributed by atoms with Crippen molar-refractivity contribution in [1.29, 1.82) is 0 Å². The fourth-order valence-electron chi connectivity index (χ4n) is 3.49. The van der Waals surface area contributed by atoms with Gasteiger partial charge in [-0.1, -0.05) is 6.07 Å². The average molecular weight is 457 g/mol. The number of hydrogen-bond donors (Lipinski definition) is 3. The van der Waals surface area contributed by atoms with E-state index in [0.717, 1.165) is 50.6 Å². The quantitative estimate of drug-likeness (QED) is 0.397. The first-order valence-electron chi connectivity index (χ1n) is 10.6. The van der Waals surface area contributed by atoms with Gasteiger partial charge < -0.3 is 21.3 Å². The topological polar surface area (TPSA) is 94.2 Å². The number of rotatable bonds is 9. The maximum absolute atomic E-state index is 14.6. The number of allylic oxidation sites excluding steroid dienone is 1. The Morgan fingerprint density at radius 3 is 2.67 bits per heavy atom. The molecule has 1 fully saturated rings. The smallest absolute Gasteiger partial charge is 0.167 e. The second kappa shape index (κ2) is 11.5. The number of benzene rings is 1. The molecule has 10 heteroatoms. The van der Waals surface area contributed by atoms with Gasteiger partial charge in [0.25, 0.3) is 0 Å². The number of pyridine rings is 1. The van der Waals surface area contributed by atoms with Crippen LogP contribution in [0.1, 0.15) is 11.1 Å². The van der Waals surface area contributed by atoms with Crippen molar-refractivity contribution in [2.45, 2.75) is 6.54 Å². The summed E-state index contributed by atoms with van der Waals surface area (Å²) in [5.74, 6) is -0.811. The number of nitrogens with two attached hydrogens (primary N) is 1. The largest absolute Gasteiger partial charge is 0.395 e. The zero-order valence-electron chi connectivity index (χ0n) is 19.0. The van der Waals surface area contributed by atoms with Gasteiger partial charge in [0.15, 0.2) is 5.83 Å². The summed E-state index contributed by atoms with van der Waals surface area (Å²) in [4.78, 5) is 16.9. The summed E-state index contributed by atoms with van der Waals surface area (Å²) >= 11 is 0. The van der Waals surface area contributed by atoms with Crippen LogP contribution in [-0.4, -0.2) is 74.2 Å². The van der Waals surface area contributed by atoms with Crippen molar-refractivity contribution in [2.75, 3.05) is 63.3 Å². The first-order valence-corrected chi connectivity index (χ1v) is 10.6. The Kier molecular flexibility index (Phi) is 8.45. The number of nitrogens with zero attached hydrogens (tertiary/aromatic N) is 5. The van der Waals surface area contributed by atoms with E-state index < -0.39 is 11.6 Å². The van der Waals surface area contributed by atoms with Gasteiger partial charge in [0.1, 0.15) is 24.0 Å². The second-order valence-corrected chi connectivity index (χ2v) is 7.80. The van der Waals surface area contributed by atoms with Gasteiger partial charge in [0.2, 0.25) is 0 Å². The third-order valence-corrected chi connectivity index (χ3v) is 5.43. The highest BCUT2D eigenvalue weighted by atomic mass is 19.1. The minimum atomic E-state index is -0.742. The van der Waals surface area contributed by atoms with E-state index in [2.05, 4.69) is 49.2 Å².